The lowest BCUT2D eigenvalue weighted by Gasteiger charge is -2.16. The summed E-state index contributed by atoms with van der Waals surface area (Å²) in [5.41, 5.74) is 6.79. The van der Waals surface area contributed by atoms with Crippen LogP contribution in [0.25, 0.3) is 10.9 Å². The van der Waals surface area contributed by atoms with E-state index in [1.807, 2.05) is 0 Å². The van der Waals surface area contributed by atoms with Crippen molar-refractivity contribution >= 4 is 28.4 Å². The van der Waals surface area contributed by atoms with Gasteiger partial charge in [-0.05, 0) is 6.07 Å². The van der Waals surface area contributed by atoms with E-state index in [0.717, 1.165) is 0 Å². The van der Waals surface area contributed by atoms with Crippen LogP contribution in [0.15, 0.2) is 30.5 Å². The van der Waals surface area contributed by atoms with E-state index < -0.39 is 6.09 Å². The van der Waals surface area contributed by atoms with Crippen molar-refractivity contribution in [3.05, 3.63) is 30.5 Å². The summed E-state index contributed by atoms with van der Waals surface area (Å²) < 4.78 is 0. The van der Waals surface area contributed by atoms with E-state index in [4.69, 9.17) is 16.7 Å². The van der Waals surface area contributed by atoms with E-state index >= 15 is 0 Å². The lowest BCUT2D eigenvalue weighted by Crippen LogP contribution is -2.36. The Kier molecular flexibility index (Phi) is 2.34. The van der Waals surface area contributed by atoms with E-state index in [-0.39, 0.29) is 11.4 Å². The van der Waals surface area contributed by atoms with Gasteiger partial charge in [0, 0.05) is 5.39 Å². The number of nitrogens with two attached hydrogens (primary N) is 2. The van der Waals surface area contributed by atoms with Gasteiger partial charge in [-0.25, -0.2) is 15.6 Å². The average Bonchev–Trinajstić information content (AvgIpc) is 2.28. The Balaban J connectivity index is 2.75. The number of nitrogen functional groups attached to an aromatic ring is 1. The fraction of sp³-hybridized carbons (Fsp3) is 0. The first kappa shape index (κ1) is 10.2. The predicted octanol–water partition coefficient (Wildman–Crippen LogP) is 1.18. The maximum Gasteiger partial charge on any atom is 0.426 e. The number of hydrogen-bond donors (Lipinski definition) is 3. The first-order chi connectivity index (χ1) is 7.61. The van der Waals surface area contributed by atoms with Crippen molar-refractivity contribution in [1.82, 2.24) is 4.98 Å². The van der Waals surface area contributed by atoms with Crippen molar-refractivity contribution < 1.29 is 9.90 Å². The predicted molar refractivity (Wildman–Crippen MR) is 60.8 cm³/mol. The van der Waals surface area contributed by atoms with Crippen molar-refractivity contribution in [1.29, 1.82) is 0 Å². The molecule has 2 aromatic rings. The Morgan fingerprint density at radius 3 is 2.75 bits per heavy atom. The van der Waals surface area contributed by atoms with E-state index in [0.29, 0.717) is 15.9 Å². The Bertz CT molecular complexity index is 556. The molecule has 1 heterocycles. The fourth-order valence-corrected chi connectivity index (χ4v) is 1.51. The van der Waals surface area contributed by atoms with Crippen LogP contribution in [-0.2, 0) is 0 Å². The monoisotopic (exact) mass is 218 g/mol. The topological polar surface area (TPSA) is 105 Å². The van der Waals surface area contributed by atoms with Gasteiger partial charge in [0.15, 0.2) is 0 Å². The highest BCUT2D eigenvalue weighted by atomic mass is 16.4. The normalized spacial score (nSPS) is 10.3. The summed E-state index contributed by atoms with van der Waals surface area (Å²) in [5.74, 6) is 5.43. The van der Waals surface area contributed by atoms with Gasteiger partial charge in [-0.15, -0.1) is 0 Å². The molecule has 0 aliphatic heterocycles. The first-order valence-corrected chi connectivity index (χ1v) is 4.52. The fourth-order valence-electron chi connectivity index (χ4n) is 1.51. The van der Waals surface area contributed by atoms with Crippen LogP contribution in [0, 0.1) is 0 Å². The number of benzene rings is 1. The van der Waals surface area contributed by atoms with Gasteiger partial charge in [-0.1, -0.05) is 18.2 Å². The largest absolute Gasteiger partial charge is 0.464 e. The minimum absolute atomic E-state index is 0.226. The molecule has 16 heavy (non-hydrogen) atoms. The standard InChI is InChI=1S/C10H10N4O2/c11-7-5-13-8-4-2-1-3-6(8)9(7)14(12)10(15)16/h1-5H,11-12H2,(H,15,16). The van der Waals surface area contributed by atoms with Crippen LogP contribution in [0.3, 0.4) is 0 Å². The number of anilines is 2. The average molecular weight is 218 g/mol. The molecule has 0 saturated heterocycles. The van der Waals surface area contributed by atoms with Gasteiger partial charge in [0.1, 0.15) is 0 Å². The van der Waals surface area contributed by atoms with Crippen LogP contribution < -0.4 is 16.6 Å². The molecule has 0 radical (unpaired) electrons. The Morgan fingerprint density at radius 1 is 1.38 bits per heavy atom. The highest BCUT2D eigenvalue weighted by Gasteiger charge is 2.16. The molecular formula is C10H10N4O2. The van der Waals surface area contributed by atoms with Gasteiger partial charge in [-0.3, -0.25) is 4.98 Å². The molecule has 0 fully saturated rings. The van der Waals surface area contributed by atoms with E-state index in [2.05, 4.69) is 4.98 Å². The molecule has 2 rings (SSSR count). The molecule has 0 aliphatic rings. The smallest absolute Gasteiger partial charge is 0.426 e. The molecule has 6 heteroatoms. The van der Waals surface area contributed by atoms with Gasteiger partial charge < -0.3 is 10.8 Å². The Morgan fingerprint density at radius 2 is 2.06 bits per heavy atom. The van der Waals surface area contributed by atoms with Gasteiger partial charge in [0.25, 0.3) is 0 Å². The molecule has 1 amide bonds. The number of aromatic nitrogens is 1. The van der Waals surface area contributed by atoms with E-state index in [1.165, 1.54) is 6.20 Å². The number of amides is 1. The molecule has 0 aliphatic carbocycles. The second-order valence-corrected chi connectivity index (χ2v) is 3.23. The van der Waals surface area contributed by atoms with Crippen LogP contribution in [-0.4, -0.2) is 16.2 Å². The van der Waals surface area contributed by atoms with Crippen LogP contribution in [0.5, 0.6) is 0 Å². The highest BCUT2D eigenvalue weighted by molar-refractivity contribution is 6.03. The maximum atomic E-state index is 10.8. The minimum Gasteiger partial charge on any atom is -0.464 e. The van der Waals surface area contributed by atoms with Crippen LogP contribution in [0.1, 0.15) is 0 Å². The maximum absolute atomic E-state index is 10.8. The molecule has 1 aromatic heterocycles. The Labute approximate surface area is 91.1 Å². The van der Waals surface area contributed by atoms with Gasteiger partial charge >= 0.3 is 6.09 Å². The van der Waals surface area contributed by atoms with Crippen molar-refractivity contribution in [2.45, 2.75) is 0 Å². The molecule has 0 saturated carbocycles. The number of hydrogen-bond acceptors (Lipinski definition) is 4. The summed E-state index contributed by atoms with van der Waals surface area (Å²) in [7, 11) is 0. The van der Waals surface area contributed by atoms with Crippen molar-refractivity contribution in [3.8, 4) is 0 Å². The summed E-state index contributed by atoms with van der Waals surface area (Å²) in [4.78, 5) is 14.9. The molecule has 6 nitrogen and oxygen atoms in total. The molecular weight excluding hydrogens is 208 g/mol. The quantitative estimate of drug-likeness (QED) is 0.378. The zero-order chi connectivity index (χ0) is 11.7. The van der Waals surface area contributed by atoms with E-state index in [1.54, 1.807) is 24.3 Å². The SMILES string of the molecule is Nc1cnc2ccccc2c1N(N)C(=O)O. The molecule has 0 spiro atoms. The summed E-state index contributed by atoms with van der Waals surface area (Å²) in [5, 5.41) is 10.0. The summed E-state index contributed by atoms with van der Waals surface area (Å²) in [6.45, 7) is 0. The number of para-hydroxylation sites is 1. The number of fused-ring (bicyclic) bond motifs is 1. The molecule has 82 valence electrons. The summed E-state index contributed by atoms with van der Waals surface area (Å²) in [6.07, 6.45) is 0.114. The molecule has 0 atom stereocenters. The third kappa shape index (κ3) is 1.51. The first-order valence-electron chi connectivity index (χ1n) is 4.52. The zero-order valence-electron chi connectivity index (χ0n) is 8.29. The van der Waals surface area contributed by atoms with Gasteiger partial charge in [0.2, 0.25) is 0 Å². The van der Waals surface area contributed by atoms with Crippen LogP contribution in [0.2, 0.25) is 0 Å². The third-order valence-corrected chi connectivity index (χ3v) is 2.22. The van der Waals surface area contributed by atoms with E-state index in [9.17, 15) is 4.79 Å². The number of rotatable bonds is 1. The molecule has 0 bridgehead atoms. The minimum atomic E-state index is -1.27. The zero-order valence-corrected chi connectivity index (χ0v) is 8.29. The molecule has 5 N–H and O–H groups in total. The second-order valence-electron chi connectivity index (χ2n) is 3.23. The van der Waals surface area contributed by atoms with Crippen molar-refractivity contribution in [2.75, 3.05) is 10.7 Å². The van der Waals surface area contributed by atoms with Crippen LogP contribution in [0.4, 0.5) is 16.2 Å². The summed E-state index contributed by atoms with van der Waals surface area (Å²) >= 11 is 0. The third-order valence-electron chi connectivity index (χ3n) is 2.22. The highest BCUT2D eigenvalue weighted by Crippen LogP contribution is 2.29. The lowest BCUT2D eigenvalue weighted by molar-refractivity contribution is 0.202. The molecule has 1 aromatic carbocycles. The van der Waals surface area contributed by atoms with Gasteiger partial charge in [0.05, 0.1) is 23.1 Å². The molecule has 0 unspecified atom stereocenters. The number of carboxylic acid groups (broad SMARTS) is 1. The number of carbonyl (C=O) groups is 1. The lowest BCUT2D eigenvalue weighted by atomic mass is 10.1. The number of nitrogens with zero attached hydrogens (tertiary/aromatic N) is 2. The van der Waals surface area contributed by atoms with Crippen molar-refractivity contribution in [3.63, 3.8) is 0 Å². The number of hydrazine groups is 1. The summed E-state index contributed by atoms with van der Waals surface area (Å²) in [6, 6.07) is 7.05. The van der Waals surface area contributed by atoms with Crippen molar-refractivity contribution in [2.24, 2.45) is 5.84 Å². The second kappa shape index (κ2) is 3.67. The number of pyridine rings is 1. The van der Waals surface area contributed by atoms with Crippen LogP contribution >= 0.6 is 0 Å². The Hall–Kier alpha value is -2.34. The van der Waals surface area contributed by atoms with Gasteiger partial charge in [-0.2, -0.15) is 0 Å².